The summed E-state index contributed by atoms with van der Waals surface area (Å²) < 4.78 is 0. The zero-order chi connectivity index (χ0) is 11.1. The van der Waals surface area contributed by atoms with Crippen LogP contribution in [0.5, 0.6) is 0 Å². The standard InChI is InChI=1S/C15H20/c1-11-7-8-13-12(2)6-5-9-15(3,4)14(13)10-11/h7-8,10H,2,5-6,9H2,1,3-4H3. The molecule has 0 aliphatic heterocycles. The highest BCUT2D eigenvalue weighted by molar-refractivity contribution is 5.68. The Balaban J connectivity index is 2.62. The molecule has 0 radical (unpaired) electrons. The van der Waals surface area contributed by atoms with Gasteiger partial charge in [-0.2, -0.15) is 0 Å². The molecule has 15 heavy (non-hydrogen) atoms. The summed E-state index contributed by atoms with van der Waals surface area (Å²) in [5.74, 6) is 0. The van der Waals surface area contributed by atoms with E-state index in [2.05, 4.69) is 45.5 Å². The monoisotopic (exact) mass is 200 g/mol. The summed E-state index contributed by atoms with van der Waals surface area (Å²) in [7, 11) is 0. The summed E-state index contributed by atoms with van der Waals surface area (Å²) >= 11 is 0. The summed E-state index contributed by atoms with van der Waals surface area (Å²) in [5.41, 5.74) is 5.86. The maximum atomic E-state index is 4.21. The van der Waals surface area contributed by atoms with Crippen molar-refractivity contribution in [2.75, 3.05) is 0 Å². The van der Waals surface area contributed by atoms with Crippen molar-refractivity contribution in [1.82, 2.24) is 0 Å². The van der Waals surface area contributed by atoms with Gasteiger partial charge in [-0.25, -0.2) is 0 Å². The third-order valence-corrected chi connectivity index (χ3v) is 3.57. The van der Waals surface area contributed by atoms with Gasteiger partial charge in [0.2, 0.25) is 0 Å². The SMILES string of the molecule is C=C1CCCC(C)(C)c2cc(C)ccc21. The topological polar surface area (TPSA) is 0 Å². The third-order valence-electron chi connectivity index (χ3n) is 3.57. The van der Waals surface area contributed by atoms with Crippen molar-refractivity contribution >= 4 is 5.57 Å². The van der Waals surface area contributed by atoms with E-state index in [1.165, 1.54) is 35.1 Å². The predicted octanol–water partition coefficient (Wildman–Crippen LogP) is 4.47. The lowest BCUT2D eigenvalue weighted by Gasteiger charge is -2.25. The van der Waals surface area contributed by atoms with E-state index < -0.39 is 0 Å². The van der Waals surface area contributed by atoms with Crippen LogP contribution in [0.2, 0.25) is 0 Å². The molecule has 0 amide bonds. The first-order valence-electron chi connectivity index (χ1n) is 5.80. The van der Waals surface area contributed by atoms with E-state index in [1.54, 1.807) is 0 Å². The highest BCUT2D eigenvalue weighted by Gasteiger charge is 2.26. The van der Waals surface area contributed by atoms with Gasteiger partial charge in [0, 0.05) is 0 Å². The lowest BCUT2D eigenvalue weighted by Crippen LogP contribution is -2.17. The molecule has 0 saturated carbocycles. The first kappa shape index (κ1) is 10.5. The van der Waals surface area contributed by atoms with Crippen LogP contribution < -0.4 is 0 Å². The quantitative estimate of drug-likeness (QED) is 0.542. The highest BCUT2D eigenvalue weighted by atomic mass is 14.3. The smallest absolute Gasteiger partial charge is 0.00973 e. The van der Waals surface area contributed by atoms with Crippen molar-refractivity contribution in [3.63, 3.8) is 0 Å². The number of benzene rings is 1. The Morgan fingerprint density at radius 3 is 2.73 bits per heavy atom. The van der Waals surface area contributed by atoms with Crippen molar-refractivity contribution < 1.29 is 0 Å². The number of aryl methyl sites for hydroxylation is 1. The summed E-state index contributed by atoms with van der Waals surface area (Å²) in [6.07, 6.45) is 3.68. The van der Waals surface area contributed by atoms with Gasteiger partial charge in [-0.05, 0) is 48.3 Å². The number of allylic oxidation sites excluding steroid dienone is 1. The van der Waals surface area contributed by atoms with Crippen molar-refractivity contribution in [1.29, 1.82) is 0 Å². The Morgan fingerprint density at radius 2 is 2.00 bits per heavy atom. The number of hydrogen-bond acceptors (Lipinski definition) is 0. The molecule has 0 N–H and O–H groups in total. The normalized spacial score (nSPS) is 19.5. The minimum atomic E-state index is 0.306. The second-order valence-corrected chi connectivity index (χ2v) is 5.39. The molecular formula is C15H20. The zero-order valence-electron chi connectivity index (χ0n) is 10.1. The Labute approximate surface area is 93.0 Å². The van der Waals surface area contributed by atoms with Gasteiger partial charge in [0.25, 0.3) is 0 Å². The predicted molar refractivity (Wildman–Crippen MR) is 67.1 cm³/mol. The van der Waals surface area contributed by atoms with Gasteiger partial charge in [0.05, 0.1) is 0 Å². The molecular weight excluding hydrogens is 180 g/mol. The van der Waals surface area contributed by atoms with Gasteiger partial charge >= 0.3 is 0 Å². The van der Waals surface area contributed by atoms with Crippen LogP contribution in [0.25, 0.3) is 5.57 Å². The number of rotatable bonds is 0. The van der Waals surface area contributed by atoms with Gasteiger partial charge in [-0.15, -0.1) is 0 Å². The van der Waals surface area contributed by atoms with Crippen LogP contribution in [0.15, 0.2) is 24.8 Å². The molecule has 0 atom stereocenters. The van der Waals surface area contributed by atoms with Gasteiger partial charge in [-0.1, -0.05) is 44.2 Å². The lowest BCUT2D eigenvalue weighted by atomic mass is 9.79. The van der Waals surface area contributed by atoms with Gasteiger partial charge < -0.3 is 0 Å². The molecule has 0 bridgehead atoms. The van der Waals surface area contributed by atoms with Crippen LogP contribution in [0.1, 0.15) is 49.8 Å². The minimum Gasteiger partial charge on any atom is -0.0952 e. The average molecular weight is 200 g/mol. The van der Waals surface area contributed by atoms with Crippen LogP contribution >= 0.6 is 0 Å². The van der Waals surface area contributed by atoms with E-state index in [0.717, 1.165) is 6.42 Å². The minimum absolute atomic E-state index is 0.306. The Bertz CT molecular complexity index is 396. The molecule has 80 valence electrons. The van der Waals surface area contributed by atoms with Crippen molar-refractivity contribution in [3.05, 3.63) is 41.5 Å². The molecule has 0 heterocycles. The van der Waals surface area contributed by atoms with Crippen LogP contribution in [-0.4, -0.2) is 0 Å². The summed E-state index contributed by atoms with van der Waals surface area (Å²) in [6, 6.07) is 6.79. The maximum Gasteiger partial charge on any atom is -0.00973 e. The molecule has 1 aromatic rings. The first-order valence-corrected chi connectivity index (χ1v) is 5.80. The fraction of sp³-hybridized carbons (Fsp3) is 0.467. The summed E-state index contributed by atoms with van der Waals surface area (Å²) in [4.78, 5) is 0. The van der Waals surface area contributed by atoms with E-state index in [4.69, 9.17) is 0 Å². The van der Waals surface area contributed by atoms with E-state index in [1.807, 2.05) is 0 Å². The zero-order valence-corrected chi connectivity index (χ0v) is 10.1. The van der Waals surface area contributed by atoms with E-state index in [-0.39, 0.29) is 0 Å². The van der Waals surface area contributed by atoms with Crippen LogP contribution in [0.3, 0.4) is 0 Å². The van der Waals surface area contributed by atoms with E-state index in [0.29, 0.717) is 5.41 Å². The molecule has 1 aliphatic carbocycles. The molecule has 0 saturated heterocycles. The fourth-order valence-corrected chi connectivity index (χ4v) is 2.54. The van der Waals surface area contributed by atoms with Gasteiger partial charge in [0.1, 0.15) is 0 Å². The summed E-state index contributed by atoms with van der Waals surface area (Å²) in [6.45, 7) is 11.1. The molecule has 2 rings (SSSR count). The van der Waals surface area contributed by atoms with Crippen molar-refractivity contribution in [3.8, 4) is 0 Å². The second-order valence-electron chi connectivity index (χ2n) is 5.39. The molecule has 0 heteroatoms. The molecule has 0 spiro atoms. The van der Waals surface area contributed by atoms with Gasteiger partial charge in [-0.3, -0.25) is 0 Å². The number of hydrogen-bond donors (Lipinski definition) is 0. The van der Waals surface area contributed by atoms with Crippen LogP contribution in [-0.2, 0) is 5.41 Å². The largest absolute Gasteiger partial charge is 0.0952 e. The molecule has 1 aliphatic rings. The second kappa shape index (κ2) is 3.52. The van der Waals surface area contributed by atoms with E-state index >= 15 is 0 Å². The molecule has 0 nitrogen and oxygen atoms in total. The van der Waals surface area contributed by atoms with Crippen molar-refractivity contribution in [2.45, 2.75) is 45.4 Å². The van der Waals surface area contributed by atoms with Crippen molar-refractivity contribution in [2.24, 2.45) is 0 Å². The Kier molecular flexibility index (Phi) is 2.46. The highest BCUT2D eigenvalue weighted by Crippen LogP contribution is 2.39. The summed E-state index contributed by atoms with van der Waals surface area (Å²) in [5, 5.41) is 0. The van der Waals surface area contributed by atoms with E-state index in [9.17, 15) is 0 Å². The van der Waals surface area contributed by atoms with Gasteiger partial charge in [0.15, 0.2) is 0 Å². The van der Waals surface area contributed by atoms with Crippen LogP contribution in [0, 0.1) is 6.92 Å². The maximum absolute atomic E-state index is 4.21. The third kappa shape index (κ3) is 1.86. The van der Waals surface area contributed by atoms with Crippen LogP contribution in [0.4, 0.5) is 0 Å². The average Bonchev–Trinajstić information content (AvgIpc) is 2.26. The Morgan fingerprint density at radius 1 is 1.27 bits per heavy atom. The number of fused-ring (bicyclic) bond motifs is 1. The molecule has 0 unspecified atom stereocenters. The Hall–Kier alpha value is -1.04. The first-order chi connectivity index (χ1) is 7.00. The lowest BCUT2D eigenvalue weighted by molar-refractivity contribution is 0.472. The molecule has 0 fully saturated rings. The molecule has 0 aromatic heterocycles. The molecule has 1 aromatic carbocycles. The fourth-order valence-electron chi connectivity index (χ4n) is 2.54.